The van der Waals surface area contributed by atoms with Crippen molar-refractivity contribution < 1.29 is 46.1 Å². The maximum absolute atomic E-state index is 2.88. The largest absolute Gasteiger partial charge is 1.00 e. The molecule has 2 aliphatic rings. The number of rotatable bonds is 5. The Morgan fingerprint density at radius 3 is 1.40 bits per heavy atom. The van der Waals surface area contributed by atoms with Crippen molar-refractivity contribution in [1.82, 2.24) is 0 Å². The van der Waals surface area contributed by atoms with Crippen molar-refractivity contribution >= 4 is 3.21 Å². The Balaban J connectivity index is 0.00000250. The summed E-state index contributed by atoms with van der Waals surface area (Å²) in [6, 6.07) is 29.1. The third-order valence-corrected chi connectivity index (χ3v) is 18.8. The van der Waals surface area contributed by atoms with Crippen LogP contribution in [-0.4, -0.2) is 3.21 Å². The molecule has 0 N–H and O–H groups in total. The van der Waals surface area contributed by atoms with Gasteiger partial charge in [-0.3, -0.25) is 0 Å². The van der Waals surface area contributed by atoms with Crippen LogP contribution in [0.4, 0.5) is 0 Å². The van der Waals surface area contributed by atoms with Crippen LogP contribution in [0.2, 0.25) is 0 Å². The van der Waals surface area contributed by atoms with Gasteiger partial charge in [-0.05, 0) is 0 Å². The molecule has 0 heterocycles. The molecule has 0 aromatic heterocycles. The van der Waals surface area contributed by atoms with E-state index in [1.165, 1.54) is 61.2 Å². The van der Waals surface area contributed by atoms with Gasteiger partial charge < -0.3 is 24.8 Å². The van der Waals surface area contributed by atoms with E-state index in [-0.39, 0.29) is 30.2 Å². The second kappa shape index (κ2) is 14.3. The third-order valence-electron chi connectivity index (χ3n) is 10.4. The van der Waals surface area contributed by atoms with Crippen LogP contribution in [0, 0.1) is 58.8 Å². The molecule has 0 fully saturated rings. The van der Waals surface area contributed by atoms with Gasteiger partial charge in [-0.1, -0.05) is 0 Å². The summed E-state index contributed by atoms with van der Waals surface area (Å²) < 4.78 is 3.81. The molecule has 0 aliphatic heterocycles. The Labute approximate surface area is 304 Å². The Hall–Kier alpha value is -2.31. The predicted octanol–water partition coefficient (Wildman–Crippen LogP) is 5.64. The zero-order valence-electron chi connectivity index (χ0n) is 30.1. The van der Waals surface area contributed by atoms with E-state index in [4.69, 9.17) is 0 Å². The van der Waals surface area contributed by atoms with E-state index in [0.717, 1.165) is 0 Å². The van der Waals surface area contributed by atoms with Crippen molar-refractivity contribution in [3.05, 3.63) is 149 Å². The summed E-state index contributed by atoms with van der Waals surface area (Å²) in [4.78, 5) is 0. The van der Waals surface area contributed by atoms with Crippen LogP contribution in [0.3, 0.4) is 0 Å². The molecule has 47 heavy (non-hydrogen) atoms. The van der Waals surface area contributed by atoms with E-state index in [9.17, 15) is 0 Å². The second-order valence-corrected chi connectivity index (χ2v) is 21.3. The molecule has 0 spiro atoms. The number of hydrogen-bond donors (Lipinski definition) is 0. The molecule has 0 nitrogen and oxygen atoms in total. The first kappa shape index (κ1) is 37.5. The fourth-order valence-corrected chi connectivity index (χ4v) is 17.3. The molecule has 244 valence electrons. The van der Waals surface area contributed by atoms with E-state index >= 15 is 0 Å². The van der Waals surface area contributed by atoms with Crippen LogP contribution >= 0.6 is 0 Å². The number of allylic oxidation sites excluding steroid dienone is 4. The van der Waals surface area contributed by atoms with Gasteiger partial charge in [0.15, 0.2) is 0 Å². The molecule has 4 aromatic rings. The topological polar surface area (TPSA) is 0 Å². The number of hydrogen-bond acceptors (Lipinski definition) is 0. The third kappa shape index (κ3) is 7.06. The molecule has 1 unspecified atom stereocenters. The van der Waals surface area contributed by atoms with Crippen LogP contribution < -0.4 is 24.8 Å². The maximum atomic E-state index is 2.70. The molecule has 6 rings (SSSR count). The Morgan fingerprint density at radius 1 is 0.617 bits per heavy atom. The van der Waals surface area contributed by atoms with Gasteiger partial charge in [0.1, 0.15) is 0 Å². The fraction of sp³-hybridized carbons (Fsp3) is 0.341. The van der Waals surface area contributed by atoms with Gasteiger partial charge in [0.2, 0.25) is 0 Å². The van der Waals surface area contributed by atoms with E-state index in [1.54, 1.807) is 17.6 Å². The molecule has 4 aromatic carbocycles. The summed E-state index contributed by atoms with van der Waals surface area (Å²) in [7, 11) is 0. The van der Waals surface area contributed by atoms with E-state index in [1.807, 2.05) is 0 Å². The molecule has 1 atom stereocenters. The van der Waals surface area contributed by atoms with Crippen molar-refractivity contribution in [1.29, 1.82) is 0 Å². The van der Waals surface area contributed by atoms with Gasteiger partial charge in [0.25, 0.3) is 0 Å². The van der Waals surface area contributed by atoms with Gasteiger partial charge in [-0.2, -0.15) is 0 Å². The van der Waals surface area contributed by atoms with Crippen LogP contribution in [0.15, 0.2) is 93.8 Å². The predicted molar refractivity (Wildman–Crippen MR) is 192 cm³/mol. The molecule has 0 amide bonds. The minimum Gasteiger partial charge on any atom is -1.00 e. The number of halogens is 2. The summed E-state index contributed by atoms with van der Waals surface area (Å²) in [5.41, 5.74) is 18.7. The van der Waals surface area contributed by atoms with Crippen molar-refractivity contribution in [3.8, 4) is 11.1 Å². The minimum absolute atomic E-state index is 0. The Kier molecular flexibility index (Phi) is 11.4. The molecule has 0 saturated carbocycles. The van der Waals surface area contributed by atoms with Crippen LogP contribution in [0.25, 0.3) is 11.1 Å². The molecular weight excluding hydrogens is 691 g/mol. The summed E-state index contributed by atoms with van der Waals surface area (Å²) in [6.45, 7) is 25.7. The summed E-state index contributed by atoms with van der Waals surface area (Å²) >= 11 is -2.88. The number of fused-ring (bicyclic) bond motifs is 3. The maximum Gasteiger partial charge on any atom is -1.00 e. The molecule has 3 heteroatoms. The van der Waals surface area contributed by atoms with E-state index in [0.29, 0.717) is 15.5 Å². The van der Waals surface area contributed by atoms with Gasteiger partial charge in [-0.25, -0.2) is 0 Å². The first-order valence-electron chi connectivity index (χ1n) is 16.8. The normalized spacial score (nSPS) is 15.2. The summed E-state index contributed by atoms with van der Waals surface area (Å²) in [5, 5.41) is 0. The van der Waals surface area contributed by atoms with E-state index < -0.39 is 21.3 Å². The number of benzene rings is 4. The van der Waals surface area contributed by atoms with Crippen molar-refractivity contribution in [2.75, 3.05) is 0 Å². The fourth-order valence-electron chi connectivity index (χ4n) is 7.34. The van der Waals surface area contributed by atoms with Crippen molar-refractivity contribution in [2.24, 2.45) is 17.3 Å². The van der Waals surface area contributed by atoms with Crippen LogP contribution in [-0.2, 0) is 21.3 Å². The van der Waals surface area contributed by atoms with Crippen molar-refractivity contribution in [2.45, 2.75) is 79.8 Å². The molecule has 0 saturated heterocycles. The first-order chi connectivity index (χ1) is 21.2. The Bertz CT molecular complexity index is 1790. The molecule has 0 bridgehead atoms. The zero-order chi connectivity index (χ0) is 32.4. The van der Waals surface area contributed by atoms with Gasteiger partial charge in [0.05, 0.1) is 0 Å². The van der Waals surface area contributed by atoms with Gasteiger partial charge in [0, 0.05) is 0 Å². The van der Waals surface area contributed by atoms with Crippen LogP contribution in [0.5, 0.6) is 0 Å². The summed E-state index contributed by atoms with van der Waals surface area (Å²) in [5.74, 6) is 1.01. The van der Waals surface area contributed by atoms with E-state index in [2.05, 4.69) is 161 Å². The SMILES string of the molecule is Cc1ccc([C](c2ccc(C)cc2)=[Zr+2]([C]2=CC(C(C)(C)C)=CC2C(C)C)[CH]2c3cc(C)c(C)cc3-c3cc(C)c(C)cc32)cc1.[Cl-].[Cl-]. The standard InChI is InChI=1S/C17H17.C15H14.C12H19.2ClH.Zr/c1-10-5-14-9-15-6-11(2)13(4)8-17(15)16(14)7-12(10)3;1-12-3-7-14(8-4-12)11-15-9-5-13(2)6-10-15;1-9(2)10-6-7-11(8-10)12(3,4)5;;;/h5-9H,1-4H3;3-10H,1-2H3;7-10H,1-5H3;2*1H;/q;;;;;+2/p-2. The number of aryl methyl sites for hydroxylation is 6. The van der Waals surface area contributed by atoms with Crippen molar-refractivity contribution in [3.63, 3.8) is 0 Å². The molecular formula is C44H50Cl2Zr. The van der Waals surface area contributed by atoms with Crippen LogP contribution in [0.1, 0.15) is 93.9 Å². The monoisotopic (exact) mass is 738 g/mol. The average Bonchev–Trinajstić information content (AvgIpc) is 3.54. The average molecular weight is 741 g/mol. The molecule has 2 aliphatic carbocycles. The zero-order valence-corrected chi connectivity index (χ0v) is 34.0. The smallest absolute Gasteiger partial charge is 1.00 e. The minimum atomic E-state index is -2.88. The second-order valence-electron chi connectivity index (χ2n) is 15.2. The summed E-state index contributed by atoms with van der Waals surface area (Å²) in [6.07, 6.45) is 5.35. The Morgan fingerprint density at radius 2 is 1.02 bits per heavy atom. The molecule has 0 radical (unpaired) electrons. The first-order valence-corrected chi connectivity index (χ1v) is 20.7. The van der Waals surface area contributed by atoms with Gasteiger partial charge in [-0.15, -0.1) is 0 Å². The quantitative estimate of drug-likeness (QED) is 0.249. The van der Waals surface area contributed by atoms with Gasteiger partial charge >= 0.3 is 282 Å².